The van der Waals surface area contributed by atoms with Crippen molar-refractivity contribution in [3.63, 3.8) is 0 Å². The van der Waals surface area contributed by atoms with Crippen LogP contribution >= 0.6 is 0 Å². The number of hydrogen-bond acceptors (Lipinski definition) is 3. The Balaban J connectivity index is 3.22. The molecule has 0 aliphatic heterocycles. The van der Waals surface area contributed by atoms with E-state index in [9.17, 15) is 4.79 Å². The predicted octanol–water partition coefficient (Wildman–Crippen LogP) is 2.55. The van der Waals surface area contributed by atoms with Crippen LogP contribution in [0.5, 0.6) is 0 Å². The summed E-state index contributed by atoms with van der Waals surface area (Å²) in [6.45, 7) is 6.65. The van der Waals surface area contributed by atoms with E-state index in [1.807, 2.05) is 20.8 Å². The zero-order chi connectivity index (χ0) is 9.40. The van der Waals surface area contributed by atoms with Crippen molar-refractivity contribution >= 4 is 6.16 Å². The maximum absolute atomic E-state index is 10.8. The normalized spacial score (nSPS) is 10.0. The van der Waals surface area contributed by atoms with Crippen LogP contribution in [-0.4, -0.2) is 19.4 Å². The van der Waals surface area contributed by atoms with Gasteiger partial charge in [0.25, 0.3) is 0 Å². The monoisotopic (exact) mass is 173 g/mol. The minimum Gasteiger partial charge on any atom is -0.434 e. The minimum atomic E-state index is -0.565. The average Bonchev–Trinajstić information content (AvgIpc) is 2.01. The van der Waals surface area contributed by atoms with Crippen LogP contribution in [0.3, 0.4) is 0 Å². The van der Waals surface area contributed by atoms with Crippen molar-refractivity contribution in [2.45, 2.75) is 33.6 Å². The van der Waals surface area contributed by atoms with E-state index >= 15 is 0 Å². The van der Waals surface area contributed by atoms with Gasteiger partial charge in [-0.05, 0) is 6.42 Å². The van der Waals surface area contributed by atoms with Gasteiger partial charge in [0.15, 0.2) is 0 Å². The molecule has 0 aliphatic carbocycles. The second-order valence-corrected chi connectivity index (χ2v) is 2.95. The quantitative estimate of drug-likeness (QED) is 0.473. The van der Waals surface area contributed by atoms with Gasteiger partial charge in [-0.1, -0.05) is 27.2 Å². The van der Waals surface area contributed by atoms with Crippen molar-refractivity contribution < 1.29 is 14.3 Å². The van der Waals surface area contributed by atoms with E-state index in [1.54, 1.807) is 0 Å². The van der Waals surface area contributed by atoms with Gasteiger partial charge in [-0.25, -0.2) is 4.79 Å². The van der Waals surface area contributed by atoms with Crippen LogP contribution in [0.1, 0.15) is 33.6 Å². The summed E-state index contributed by atoms with van der Waals surface area (Å²) in [6.07, 6.45) is 1.35. The fourth-order valence-electron chi connectivity index (χ4n) is 0.545. The van der Waals surface area contributed by atoms with Crippen LogP contribution in [-0.2, 0) is 9.47 Å². The highest BCUT2D eigenvalue weighted by atomic mass is 16.7. The summed E-state index contributed by atoms with van der Waals surface area (Å²) in [5.74, 6) is 1.06. The number of carbonyl (C=O) groups is 1. The molecule has 0 N–H and O–H groups in total. The second kappa shape index (κ2) is 6.95. The highest BCUT2D eigenvalue weighted by Gasteiger charge is 2.03. The maximum Gasteiger partial charge on any atom is 0.508 e. The molecule has 0 aromatic heterocycles. The Morgan fingerprint density at radius 2 is 1.92 bits per heavy atom. The largest absolute Gasteiger partial charge is 0.508 e. The number of rotatable bonds is 5. The first-order chi connectivity index (χ1) is 5.66. The van der Waals surface area contributed by atoms with Gasteiger partial charge in [0.1, 0.15) is 6.61 Å². The topological polar surface area (TPSA) is 35.5 Å². The standard InChI is InChI=1S/C9H17O3/c1-4-5-6-11-9(10)12-7-8(2)3/h4-7H2,1-3H3. The molecule has 71 valence electrons. The fraction of sp³-hybridized carbons (Fsp3) is 0.778. The van der Waals surface area contributed by atoms with Crippen LogP contribution in [0, 0.1) is 5.92 Å². The summed E-state index contributed by atoms with van der Waals surface area (Å²) in [7, 11) is 0. The molecule has 0 bridgehead atoms. The molecular formula is C9H17O3. The second-order valence-electron chi connectivity index (χ2n) is 2.95. The van der Waals surface area contributed by atoms with E-state index in [-0.39, 0.29) is 0 Å². The van der Waals surface area contributed by atoms with Crippen molar-refractivity contribution in [1.82, 2.24) is 0 Å². The SMILES string of the molecule is CCCCOC(=O)OC[C](C)C. The first kappa shape index (κ1) is 11.3. The van der Waals surface area contributed by atoms with E-state index in [1.165, 1.54) is 0 Å². The Morgan fingerprint density at radius 1 is 1.25 bits per heavy atom. The number of carbonyl (C=O) groups excluding carboxylic acids is 1. The zero-order valence-electron chi connectivity index (χ0n) is 8.05. The molecule has 0 aromatic carbocycles. The Morgan fingerprint density at radius 3 is 2.42 bits per heavy atom. The van der Waals surface area contributed by atoms with E-state index in [0.717, 1.165) is 18.8 Å². The molecule has 1 radical (unpaired) electrons. The number of unbranched alkanes of at least 4 members (excludes halogenated alkanes) is 1. The molecule has 0 saturated heterocycles. The molecule has 0 unspecified atom stereocenters. The highest BCUT2D eigenvalue weighted by Crippen LogP contribution is 1.97. The lowest BCUT2D eigenvalue weighted by Crippen LogP contribution is -2.11. The average molecular weight is 173 g/mol. The van der Waals surface area contributed by atoms with Gasteiger partial charge < -0.3 is 9.47 Å². The number of ether oxygens (including phenoxy) is 2. The molecule has 0 heterocycles. The van der Waals surface area contributed by atoms with Crippen LogP contribution < -0.4 is 0 Å². The van der Waals surface area contributed by atoms with Gasteiger partial charge in [-0.2, -0.15) is 0 Å². The lowest BCUT2D eigenvalue weighted by molar-refractivity contribution is 0.0575. The maximum atomic E-state index is 10.8. The van der Waals surface area contributed by atoms with Crippen molar-refractivity contribution in [3.8, 4) is 0 Å². The Labute approximate surface area is 74.0 Å². The van der Waals surface area contributed by atoms with Crippen LogP contribution in [0.25, 0.3) is 0 Å². The Bertz CT molecular complexity index is 121. The summed E-state index contributed by atoms with van der Waals surface area (Å²) in [4.78, 5) is 10.8. The van der Waals surface area contributed by atoms with Crippen molar-refractivity contribution in [1.29, 1.82) is 0 Å². The van der Waals surface area contributed by atoms with Gasteiger partial charge in [0, 0.05) is 5.92 Å². The molecule has 0 atom stereocenters. The zero-order valence-corrected chi connectivity index (χ0v) is 8.05. The molecular weight excluding hydrogens is 156 g/mol. The molecule has 3 heteroatoms. The summed E-state index contributed by atoms with van der Waals surface area (Å²) in [5.41, 5.74) is 0. The summed E-state index contributed by atoms with van der Waals surface area (Å²) in [5, 5.41) is 0. The van der Waals surface area contributed by atoms with E-state index < -0.39 is 6.16 Å². The summed E-state index contributed by atoms with van der Waals surface area (Å²) in [6, 6.07) is 0. The third kappa shape index (κ3) is 7.38. The molecule has 3 nitrogen and oxygen atoms in total. The van der Waals surface area contributed by atoms with Crippen LogP contribution in [0.15, 0.2) is 0 Å². The van der Waals surface area contributed by atoms with E-state index in [2.05, 4.69) is 0 Å². The Kier molecular flexibility index (Phi) is 6.53. The molecule has 0 rings (SSSR count). The van der Waals surface area contributed by atoms with Crippen molar-refractivity contribution in [2.75, 3.05) is 13.2 Å². The Hall–Kier alpha value is -0.730. The molecule has 0 spiro atoms. The first-order valence-electron chi connectivity index (χ1n) is 4.25. The smallest absolute Gasteiger partial charge is 0.434 e. The third-order valence-corrected chi connectivity index (χ3v) is 1.20. The van der Waals surface area contributed by atoms with Gasteiger partial charge in [0.2, 0.25) is 0 Å². The fourth-order valence-corrected chi connectivity index (χ4v) is 0.545. The van der Waals surface area contributed by atoms with Crippen molar-refractivity contribution in [2.24, 2.45) is 0 Å². The minimum absolute atomic E-state index is 0.352. The summed E-state index contributed by atoms with van der Waals surface area (Å²) >= 11 is 0. The molecule has 0 aromatic rings. The van der Waals surface area contributed by atoms with E-state index in [0.29, 0.717) is 13.2 Å². The van der Waals surface area contributed by atoms with Crippen molar-refractivity contribution in [3.05, 3.63) is 5.92 Å². The third-order valence-electron chi connectivity index (χ3n) is 1.20. The molecule has 0 amide bonds. The molecule has 0 saturated carbocycles. The molecule has 12 heavy (non-hydrogen) atoms. The molecule has 0 aliphatic rings. The van der Waals surface area contributed by atoms with Gasteiger partial charge in [-0.15, -0.1) is 0 Å². The van der Waals surface area contributed by atoms with E-state index in [4.69, 9.17) is 9.47 Å². The van der Waals surface area contributed by atoms with Gasteiger partial charge in [0.05, 0.1) is 6.61 Å². The summed E-state index contributed by atoms with van der Waals surface area (Å²) < 4.78 is 9.51. The van der Waals surface area contributed by atoms with Gasteiger partial charge in [-0.3, -0.25) is 0 Å². The lowest BCUT2D eigenvalue weighted by atomic mass is 10.2. The molecule has 0 fully saturated rings. The predicted molar refractivity (Wildman–Crippen MR) is 46.8 cm³/mol. The highest BCUT2D eigenvalue weighted by molar-refractivity contribution is 5.59. The van der Waals surface area contributed by atoms with Gasteiger partial charge >= 0.3 is 6.16 Å². The number of hydrogen-bond donors (Lipinski definition) is 0. The van der Waals surface area contributed by atoms with Crippen LogP contribution in [0.2, 0.25) is 0 Å². The lowest BCUT2D eigenvalue weighted by Gasteiger charge is -2.06. The van der Waals surface area contributed by atoms with Crippen LogP contribution in [0.4, 0.5) is 4.79 Å². The first-order valence-corrected chi connectivity index (χ1v) is 4.25.